The molecule has 0 saturated carbocycles. The van der Waals surface area contributed by atoms with Gasteiger partial charge < -0.3 is 19.8 Å². The van der Waals surface area contributed by atoms with Crippen molar-refractivity contribution in [2.24, 2.45) is 0 Å². The fraction of sp³-hybridized carbons (Fsp3) is 0.176. The Bertz CT molecular complexity index is 949. The van der Waals surface area contributed by atoms with E-state index < -0.39 is 11.8 Å². The Kier molecular flexibility index (Phi) is 4.48. The van der Waals surface area contributed by atoms with E-state index in [2.05, 4.69) is 15.3 Å². The molecule has 8 nitrogen and oxygen atoms in total. The van der Waals surface area contributed by atoms with Crippen LogP contribution in [-0.4, -0.2) is 34.9 Å². The lowest BCUT2D eigenvalue weighted by Crippen LogP contribution is -2.20. The van der Waals surface area contributed by atoms with E-state index in [0.29, 0.717) is 11.2 Å². The monoisotopic (exact) mass is 338 g/mol. The predicted molar refractivity (Wildman–Crippen MR) is 87.4 cm³/mol. The van der Waals surface area contributed by atoms with E-state index in [-0.39, 0.29) is 30.4 Å². The second-order valence-electron chi connectivity index (χ2n) is 5.02. The zero-order valence-electron chi connectivity index (χ0n) is 13.3. The molecule has 2 aromatic rings. The molecule has 2 N–H and O–H groups in total. The Morgan fingerprint density at radius 2 is 2.40 bits per heavy atom. The number of nitrogens with one attached hydrogen (secondary N) is 2. The Morgan fingerprint density at radius 3 is 3.16 bits per heavy atom. The number of aromatic amines is 1. The summed E-state index contributed by atoms with van der Waals surface area (Å²) in [6, 6.07) is 5.49. The molecule has 3 heterocycles. The zero-order valence-corrected chi connectivity index (χ0v) is 13.3. The fourth-order valence-electron chi connectivity index (χ4n) is 2.40. The van der Waals surface area contributed by atoms with Crippen LogP contribution in [-0.2, 0) is 19.1 Å². The number of ether oxygens (including phenoxy) is 2. The Labute approximate surface area is 142 Å². The van der Waals surface area contributed by atoms with Gasteiger partial charge in [0.1, 0.15) is 12.2 Å². The van der Waals surface area contributed by atoms with Crippen LogP contribution in [0.5, 0.6) is 0 Å². The van der Waals surface area contributed by atoms with Gasteiger partial charge in [0.2, 0.25) is 11.7 Å². The molecular weight excluding hydrogens is 324 g/mol. The largest absolute Gasteiger partial charge is 0.462 e. The van der Waals surface area contributed by atoms with Crippen molar-refractivity contribution in [3.63, 3.8) is 0 Å². The molecule has 0 spiro atoms. The summed E-state index contributed by atoms with van der Waals surface area (Å²) in [6.07, 6.45) is 4.85. The van der Waals surface area contributed by atoms with Crippen molar-refractivity contribution in [3.8, 4) is 6.07 Å². The highest BCUT2D eigenvalue weighted by Crippen LogP contribution is 2.28. The summed E-state index contributed by atoms with van der Waals surface area (Å²) in [5.74, 6) is -1.50. The maximum atomic E-state index is 12.6. The van der Waals surface area contributed by atoms with E-state index in [1.807, 2.05) is 12.1 Å². The van der Waals surface area contributed by atoms with Gasteiger partial charge >= 0.3 is 5.97 Å². The Hall–Kier alpha value is -3.60. The molecule has 0 fully saturated rings. The van der Waals surface area contributed by atoms with E-state index in [0.717, 1.165) is 5.39 Å². The van der Waals surface area contributed by atoms with Crippen LogP contribution in [0.1, 0.15) is 12.5 Å². The number of esters is 1. The highest BCUT2D eigenvalue weighted by atomic mass is 16.5. The number of pyridine rings is 1. The first-order chi connectivity index (χ1) is 12.2. The second-order valence-corrected chi connectivity index (χ2v) is 5.02. The minimum absolute atomic E-state index is 0.0340. The highest BCUT2D eigenvalue weighted by molar-refractivity contribution is 6.26. The predicted octanol–water partition coefficient (Wildman–Crippen LogP) is 1.39. The molecule has 0 aromatic carbocycles. The summed E-state index contributed by atoms with van der Waals surface area (Å²) in [4.78, 5) is 31.8. The minimum Gasteiger partial charge on any atom is -0.462 e. The van der Waals surface area contributed by atoms with Crippen molar-refractivity contribution in [1.29, 1.82) is 5.26 Å². The average Bonchev–Trinajstić information content (AvgIpc) is 3.15. The van der Waals surface area contributed by atoms with Gasteiger partial charge in [-0.1, -0.05) is 0 Å². The quantitative estimate of drug-likeness (QED) is 0.366. The molecule has 0 aliphatic carbocycles. The van der Waals surface area contributed by atoms with E-state index in [1.54, 1.807) is 25.4 Å². The lowest BCUT2D eigenvalue weighted by atomic mass is 10.1. The first-order valence-electron chi connectivity index (χ1n) is 7.54. The van der Waals surface area contributed by atoms with Crippen LogP contribution in [0.4, 0.5) is 0 Å². The number of H-pyrrole nitrogens is 1. The highest BCUT2D eigenvalue weighted by Gasteiger charge is 2.36. The molecule has 8 heteroatoms. The SMILES string of the molecule is CCOC(=O)C1=C(NCC#N)O/C(=C\c2c[nH]c3ncccc23)C1=O. The molecule has 0 atom stereocenters. The maximum absolute atomic E-state index is 12.6. The van der Waals surface area contributed by atoms with Crippen LogP contribution in [0.3, 0.4) is 0 Å². The van der Waals surface area contributed by atoms with Gasteiger partial charge in [-0.05, 0) is 25.1 Å². The van der Waals surface area contributed by atoms with Gasteiger partial charge in [0.15, 0.2) is 11.3 Å². The van der Waals surface area contributed by atoms with Crippen molar-refractivity contribution < 1.29 is 19.1 Å². The summed E-state index contributed by atoms with van der Waals surface area (Å²) < 4.78 is 10.4. The van der Waals surface area contributed by atoms with Crippen LogP contribution >= 0.6 is 0 Å². The number of aromatic nitrogens is 2. The Morgan fingerprint density at radius 1 is 1.56 bits per heavy atom. The van der Waals surface area contributed by atoms with Gasteiger partial charge in [0.25, 0.3) is 0 Å². The van der Waals surface area contributed by atoms with Crippen molar-refractivity contribution in [3.05, 3.63) is 47.3 Å². The number of nitrogens with zero attached hydrogens (tertiary/aromatic N) is 2. The Balaban J connectivity index is 1.96. The molecule has 1 aliphatic heterocycles. The average molecular weight is 338 g/mol. The van der Waals surface area contributed by atoms with E-state index >= 15 is 0 Å². The molecule has 0 unspecified atom stereocenters. The van der Waals surface area contributed by atoms with Gasteiger partial charge in [0, 0.05) is 23.3 Å². The van der Waals surface area contributed by atoms with Crippen LogP contribution in [0.2, 0.25) is 0 Å². The molecule has 0 bridgehead atoms. The number of hydrogen-bond donors (Lipinski definition) is 2. The van der Waals surface area contributed by atoms with Crippen molar-refractivity contribution in [2.45, 2.75) is 6.92 Å². The maximum Gasteiger partial charge on any atom is 0.347 e. The number of ketones is 1. The number of hydrogen-bond acceptors (Lipinski definition) is 7. The van der Waals surface area contributed by atoms with Crippen LogP contribution < -0.4 is 5.32 Å². The summed E-state index contributed by atoms with van der Waals surface area (Å²) in [6.45, 7) is 1.64. The lowest BCUT2D eigenvalue weighted by molar-refractivity contribution is -0.139. The zero-order chi connectivity index (χ0) is 17.8. The molecule has 2 aromatic heterocycles. The molecule has 0 amide bonds. The smallest absolute Gasteiger partial charge is 0.347 e. The van der Waals surface area contributed by atoms with E-state index in [4.69, 9.17) is 14.7 Å². The van der Waals surface area contributed by atoms with Gasteiger partial charge in [0.05, 0.1) is 12.7 Å². The van der Waals surface area contributed by atoms with Crippen molar-refractivity contribution in [1.82, 2.24) is 15.3 Å². The van der Waals surface area contributed by atoms with Gasteiger partial charge in [-0.25, -0.2) is 9.78 Å². The summed E-state index contributed by atoms with van der Waals surface area (Å²) >= 11 is 0. The lowest BCUT2D eigenvalue weighted by Gasteiger charge is -2.04. The molecule has 3 rings (SSSR count). The number of carbonyl (C=O) groups excluding carboxylic acids is 2. The fourth-order valence-corrected chi connectivity index (χ4v) is 2.40. The first-order valence-corrected chi connectivity index (χ1v) is 7.54. The van der Waals surface area contributed by atoms with Crippen LogP contribution in [0.15, 0.2) is 41.7 Å². The standard InChI is InChI=1S/C17H14N4O4/c1-2-24-17(23)13-14(22)12(25-16(13)20-7-5-18)8-10-9-21-15-11(10)4-3-6-19-15/h3-4,6,8-9,20H,2,7H2,1H3,(H,19,21)/b12-8-. The number of rotatable bonds is 5. The number of Topliss-reactive ketones (excluding diaryl/α,β-unsaturated/α-hetero) is 1. The number of fused-ring (bicyclic) bond motifs is 1. The topological polar surface area (TPSA) is 117 Å². The van der Waals surface area contributed by atoms with E-state index in [9.17, 15) is 9.59 Å². The van der Waals surface area contributed by atoms with Crippen LogP contribution in [0.25, 0.3) is 17.1 Å². The third-order valence-electron chi connectivity index (χ3n) is 3.47. The molecule has 25 heavy (non-hydrogen) atoms. The third-order valence-corrected chi connectivity index (χ3v) is 3.47. The molecule has 126 valence electrons. The number of nitriles is 1. The van der Waals surface area contributed by atoms with Gasteiger partial charge in [-0.15, -0.1) is 0 Å². The summed E-state index contributed by atoms with van der Waals surface area (Å²) in [7, 11) is 0. The molecule has 0 radical (unpaired) electrons. The molecule has 0 saturated heterocycles. The van der Waals surface area contributed by atoms with Crippen molar-refractivity contribution in [2.75, 3.05) is 13.2 Å². The first kappa shape index (κ1) is 16.3. The summed E-state index contributed by atoms with van der Waals surface area (Å²) in [5.41, 5.74) is 1.11. The van der Waals surface area contributed by atoms with Crippen LogP contribution in [0, 0.1) is 11.3 Å². The molecular formula is C17H14N4O4. The molecule has 1 aliphatic rings. The number of carbonyl (C=O) groups is 2. The minimum atomic E-state index is -0.795. The third kappa shape index (κ3) is 3.07. The van der Waals surface area contributed by atoms with E-state index in [1.165, 1.54) is 6.08 Å². The van der Waals surface area contributed by atoms with Crippen molar-refractivity contribution >= 4 is 28.9 Å². The number of allylic oxidation sites excluding steroid dienone is 1. The van der Waals surface area contributed by atoms with Gasteiger partial charge in [-0.2, -0.15) is 5.26 Å². The summed E-state index contributed by atoms with van der Waals surface area (Å²) in [5, 5.41) is 12.1. The second kappa shape index (κ2) is 6.88. The van der Waals surface area contributed by atoms with Gasteiger partial charge in [-0.3, -0.25) is 4.79 Å². The normalized spacial score (nSPS) is 15.4.